The van der Waals surface area contributed by atoms with E-state index in [1.807, 2.05) is 33.3 Å². The van der Waals surface area contributed by atoms with Crippen molar-refractivity contribution < 1.29 is 37.3 Å². The lowest BCUT2D eigenvalue weighted by atomic mass is 10.1. The SMILES string of the molecule is CC/C=C\C/C=C\C/C=C\C/C=C\C/C=C\C/C=C\CCCCCCCCC(=O)NC(COP(=O)([O-])OCC[N+](C)(C)C)C(/C=C\CCCCCCCCCCC)OC(=O)CCCCCCCCCC/C=C\C/C=C\C/C=C\CCCCC. The maximum absolute atomic E-state index is 13.6. The molecule has 10 heteroatoms. The number of rotatable bonds is 60. The van der Waals surface area contributed by atoms with Gasteiger partial charge in [-0.05, 0) is 122 Å². The normalized spacial score (nSPS) is 14.3. The number of nitrogens with zero attached hydrogens (tertiary/aromatic N) is 1. The molecule has 3 unspecified atom stereocenters. The molecule has 0 aromatic heterocycles. The first kappa shape index (κ1) is 79.4. The molecule has 0 fully saturated rings. The summed E-state index contributed by atoms with van der Waals surface area (Å²) in [5.41, 5.74) is 0. The molecular weight excluding hydrogens is 1050 g/mol. The minimum Gasteiger partial charge on any atom is -0.756 e. The summed E-state index contributed by atoms with van der Waals surface area (Å²) in [6.45, 7) is 6.68. The zero-order chi connectivity index (χ0) is 60.7. The van der Waals surface area contributed by atoms with E-state index in [4.69, 9.17) is 13.8 Å². The highest BCUT2D eigenvalue weighted by Crippen LogP contribution is 2.38. The van der Waals surface area contributed by atoms with E-state index in [0.717, 1.165) is 135 Å². The zero-order valence-corrected chi connectivity index (χ0v) is 55.3. The fourth-order valence-electron chi connectivity index (χ4n) is 9.18. The Kier molecular flexibility index (Phi) is 58.8. The lowest BCUT2D eigenvalue weighted by molar-refractivity contribution is -0.870. The standard InChI is InChI=1S/C73H127N2O7P/c1-7-10-13-16-19-22-25-27-29-31-33-35-36-37-38-40-41-43-45-47-50-53-56-59-62-65-72(76)74-70(69-81-83(78,79)80-68-67-75(4,5)6)71(64-61-58-55-52-49-24-21-18-15-12-9-3)82-73(77)66-63-60-57-54-51-48-46-44-42-39-34-32-30-28-26-23-20-17-14-11-8-2/h10,13,19-20,22-23,27-30,33-35,37-39,41,43,61,64,70-71H,7-9,11-12,14-18,21,24-26,31-32,36,40,42,44-60,62-63,65-69H2,1-6H3,(H-,74,76,78,79)/b13-10-,22-19-,23-20-,29-27-,30-28-,35-33-,38-37-,39-34-,43-41-,64-61-. The van der Waals surface area contributed by atoms with Crippen LogP contribution in [0, 0.1) is 0 Å². The molecule has 0 bridgehead atoms. The lowest BCUT2D eigenvalue weighted by Gasteiger charge is -2.30. The molecule has 1 amide bonds. The summed E-state index contributed by atoms with van der Waals surface area (Å²) in [5, 5.41) is 3.02. The maximum atomic E-state index is 13.6. The summed E-state index contributed by atoms with van der Waals surface area (Å²) in [4.78, 5) is 40.1. The Bertz CT molecular complexity index is 1830. The summed E-state index contributed by atoms with van der Waals surface area (Å²) in [7, 11) is 1.15. The highest BCUT2D eigenvalue weighted by molar-refractivity contribution is 7.45. The van der Waals surface area contributed by atoms with Crippen LogP contribution in [0.25, 0.3) is 0 Å². The fourth-order valence-corrected chi connectivity index (χ4v) is 9.90. The number of likely N-dealkylation sites (N-methyl/N-ethyl adjacent to an activating group) is 1. The van der Waals surface area contributed by atoms with E-state index < -0.39 is 26.6 Å². The average molecular weight is 1180 g/mol. The second kappa shape index (κ2) is 61.5. The van der Waals surface area contributed by atoms with Gasteiger partial charge in [0.1, 0.15) is 19.3 Å². The van der Waals surface area contributed by atoms with Crippen LogP contribution in [0.5, 0.6) is 0 Å². The second-order valence-electron chi connectivity index (χ2n) is 23.6. The number of amides is 1. The van der Waals surface area contributed by atoms with Gasteiger partial charge in [0.05, 0.1) is 33.8 Å². The van der Waals surface area contributed by atoms with Crippen LogP contribution in [0.2, 0.25) is 0 Å². The molecule has 0 rings (SSSR count). The number of unbranched alkanes of at least 4 members (excludes halogenated alkanes) is 26. The van der Waals surface area contributed by atoms with Gasteiger partial charge < -0.3 is 28.5 Å². The van der Waals surface area contributed by atoms with Crippen molar-refractivity contribution in [3.63, 3.8) is 0 Å². The van der Waals surface area contributed by atoms with Gasteiger partial charge in [0.15, 0.2) is 0 Å². The number of quaternary nitrogens is 1. The monoisotopic (exact) mass is 1170 g/mol. The predicted molar refractivity (Wildman–Crippen MR) is 357 cm³/mol. The van der Waals surface area contributed by atoms with Gasteiger partial charge >= 0.3 is 5.97 Å². The van der Waals surface area contributed by atoms with Crippen LogP contribution in [0.4, 0.5) is 0 Å². The van der Waals surface area contributed by atoms with E-state index in [0.29, 0.717) is 30.3 Å². The first-order chi connectivity index (χ1) is 40.4. The van der Waals surface area contributed by atoms with Crippen molar-refractivity contribution in [1.82, 2.24) is 5.32 Å². The van der Waals surface area contributed by atoms with E-state index in [1.165, 1.54) is 96.3 Å². The number of carbonyl (C=O) groups excluding carboxylic acids is 2. The van der Waals surface area contributed by atoms with Crippen molar-refractivity contribution >= 4 is 19.7 Å². The van der Waals surface area contributed by atoms with E-state index >= 15 is 0 Å². The molecule has 9 nitrogen and oxygen atoms in total. The number of phosphoric ester groups is 1. The molecule has 1 N–H and O–H groups in total. The Morgan fingerprint density at radius 1 is 0.434 bits per heavy atom. The molecular formula is C73H127N2O7P. The topological polar surface area (TPSA) is 114 Å². The quantitative estimate of drug-likeness (QED) is 0.0212. The van der Waals surface area contributed by atoms with Gasteiger partial charge in [-0.2, -0.15) is 0 Å². The summed E-state index contributed by atoms with van der Waals surface area (Å²) >= 11 is 0. The number of phosphoric acid groups is 1. The van der Waals surface area contributed by atoms with Gasteiger partial charge in [0.2, 0.25) is 5.91 Å². The molecule has 0 aromatic carbocycles. The van der Waals surface area contributed by atoms with Crippen molar-refractivity contribution in [3.8, 4) is 0 Å². The molecule has 0 aliphatic heterocycles. The van der Waals surface area contributed by atoms with Crippen molar-refractivity contribution in [2.24, 2.45) is 0 Å². The molecule has 0 saturated carbocycles. The summed E-state index contributed by atoms with van der Waals surface area (Å²) in [6.07, 6.45) is 86.0. The summed E-state index contributed by atoms with van der Waals surface area (Å²) in [5.74, 6) is -0.571. The molecule has 0 spiro atoms. The molecule has 3 atom stereocenters. The Morgan fingerprint density at radius 3 is 1.18 bits per heavy atom. The summed E-state index contributed by atoms with van der Waals surface area (Å²) in [6, 6.07) is -0.908. The molecule has 0 aromatic rings. The van der Waals surface area contributed by atoms with Crippen molar-refractivity contribution in [3.05, 3.63) is 122 Å². The van der Waals surface area contributed by atoms with Gasteiger partial charge in [0, 0.05) is 12.8 Å². The molecule has 476 valence electrons. The minimum absolute atomic E-state index is 0.0330. The third kappa shape index (κ3) is 62.8. The predicted octanol–water partition coefficient (Wildman–Crippen LogP) is 20.8. The number of allylic oxidation sites excluding steroid dienone is 19. The Labute approximate surface area is 512 Å². The third-order valence-corrected chi connectivity index (χ3v) is 15.3. The van der Waals surface area contributed by atoms with Gasteiger partial charge in [-0.3, -0.25) is 14.2 Å². The first-order valence-corrected chi connectivity index (χ1v) is 35.3. The molecule has 0 saturated heterocycles. The van der Waals surface area contributed by atoms with E-state index in [2.05, 4.69) is 135 Å². The van der Waals surface area contributed by atoms with Gasteiger partial charge in [-0.1, -0.05) is 265 Å². The van der Waals surface area contributed by atoms with Gasteiger partial charge in [0.25, 0.3) is 7.82 Å². The smallest absolute Gasteiger partial charge is 0.306 e. The van der Waals surface area contributed by atoms with Crippen LogP contribution in [-0.2, 0) is 27.9 Å². The van der Waals surface area contributed by atoms with Crippen molar-refractivity contribution in [2.75, 3.05) is 40.9 Å². The van der Waals surface area contributed by atoms with E-state index in [9.17, 15) is 19.0 Å². The Balaban J connectivity index is 5.16. The van der Waals surface area contributed by atoms with Crippen LogP contribution in [0.15, 0.2) is 122 Å². The Hall–Kier alpha value is -3.59. The van der Waals surface area contributed by atoms with Gasteiger partial charge in [-0.25, -0.2) is 0 Å². The minimum atomic E-state index is -4.72. The van der Waals surface area contributed by atoms with Gasteiger partial charge in [-0.15, -0.1) is 0 Å². The van der Waals surface area contributed by atoms with Crippen molar-refractivity contribution in [1.29, 1.82) is 0 Å². The van der Waals surface area contributed by atoms with Crippen LogP contribution in [0.1, 0.15) is 278 Å². The number of carbonyl (C=O) groups is 2. The largest absolute Gasteiger partial charge is 0.756 e. The third-order valence-electron chi connectivity index (χ3n) is 14.4. The number of esters is 1. The van der Waals surface area contributed by atoms with Crippen molar-refractivity contribution in [2.45, 2.75) is 290 Å². The van der Waals surface area contributed by atoms with E-state index in [1.54, 1.807) is 0 Å². The average Bonchev–Trinajstić information content (AvgIpc) is 3.51. The molecule has 0 aliphatic carbocycles. The highest BCUT2D eigenvalue weighted by Gasteiger charge is 2.27. The zero-order valence-electron chi connectivity index (χ0n) is 54.4. The fraction of sp³-hybridized carbons (Fsp3) is 0.699. The number of hydrogen-bond donors (Lipinski definition) is 1. The summed E-state index contributed by atoms with van der Waals surface area (Å²) < 4.78 is 30.4. The maximum Gasteiger partial charge on any atom is 0.306 e. The molecule has 0 heterocycles. The second-order valence-corrected chi connectivity index (χ2v) is 25.0. The lowest BCUT2D eigenvalue weighted by Crippen LogP contribution is -2.47. The highest BCUT2D eigenvalue weighted by atomic mass is 31.2. The number of ether oxygens (including phenoxy) is 1. The number of nitrogens with one attached hydrogen (secondary N) is 1. The molecule has 0 radical (unpaired) electrons. The van der Waals surface area contributed by atoms with Crippen LogP contribution >= 0.6 is 7.82 Å². The Morgan fingerprint density at radius 2 is 0.771 bits per heavy atom. The van der Waals surface area contributed by atoms with Crippen LogP contribution in [0.3, 0.4) is 0 Å². The molecule has 83 heavy (non-hydrogen) atoms. The molecule has 0 aliphatic rings. The van der Waals surface area contributed by atoms with E-state index in [-0.39, 0.29) is 24.9 Å². The van der Waals surface area contributed by atoms with Crippen LogP contribution < -0.4 is 10.2 Å². The number of hydrogen-bond acceptors (Lipinski definition) is 7. The van der Waals surface area contributed by atoms with Crippen LogP contribution in [-0.4, -0.2) is 69.4 Å². The first-order valence-electron chi connectivity index (χ1n) is 33.8.